The molecule has 10 heavy (non-hydrogen) atoms. The van der Waals surface area contributed by atoms with Gasteiger partial charge >= 0.3 is 41.7 Å². The summed E-state index contributed by atoms with van der Waals surface area (Å²) in [4.78, 5) is 0. The molecule has 0 aromatic rings. The van der Waals surface area contributed by atoms with Gasteiger partial charge < -0.3 is 31.0 Å². The van der Waals surface area contributed by atoms with Gasteiger partial charge in [0, 0.05) is 10.4 Å². The van der Waals surface area contributed by atoms with Crippen molar-refractivity contribution in [2.45, 2.75) is 0 Å². The van der Waals surface area contributed by atoms with Crippen LogP contribution in [0.1, 0.15) is 0 Å². The molecule has 10 heteroatoms. The molecule has 65 valence electrons. The van der Waals surface area contributed by atoms with Gasteiger partial charge in [0.2, 0.25) is 0 Å². The Hall–Kier alpha value is 1.09. The van der Waals surface area contributed by atoms with Crippen LogP contribution in [0.15, 0.2) is 0 Å². The summed E-state index contributed by atoms with van der Waals surface area (Å²) in [5.41, 5.74) is 0. The molecule has 0 rings (SSSR count). The van der Waals surface area contributed by atoms with E-state index in [1.807, 2.05) is 0 Å². The van der Waals surface area contributed by atoms with Gasteiger partial charge in [-0.2, -0.15) is 0 Å². The van der Waals surface area contributed by atoms with E-state index in [9.17, 15) is 0 Å². The van der Waals surface area contributed by atoms with Crippen LogP contribution in [0.25, 0.3) is 0 Å². The molecule has 0 bridgehead atoms. The Labute approximate surface area is 90.8 Å². The Kier molecular flexibility index (Phi) is 72.3. The molecule has 0 unspecified atom stereocenters. The van der Waals surface area contributed by atoms with Gasteiger partial charge in [-0.15, -0.1) is 0 Å². The molecule has 0 aliphatic carbocycles. The van der Waals surface area contributed by atoms with Gasteiger partial charge in [0.25, 0.3) is 0 Å². The van der Waals surface area contributed by atoms with Gasteiger partial charge in [-0.05, 0) is 0 Å². The van der Waals surface area contributed by atoms with Gasteiger partial charge in [-0.1, -0.05) is 0 Å². The Morgan fingerprint density at radius 1 is 0.800 bits per heavy atom. The van der Waals surface area contributed by atoms with E-state index in [2.05, 4.69) is 0 Å². The fraction of sp³-hybridized carbons (Fsp3) is 0. The first-order valence-corrected chi connectivity index (χ1v) is 2.00. The zero-order chi connectivity index (χ0) is 4.50. The molecule has 0 aliphatic rings. The minimum Gasteiger partial charge on any atom is -0.759 e. The maximum atomic E-state index is 8.52. The Bertz CT molecular complexity index is 92.4. The second kappa shape index (κ2) is 16.6. The van der Waals surface area contributed by atoms with Crippen molar-refractivity contribution < 1.29 is 81.2 Å². The first-order valence-electron chi connectivity index (χ1n) is 0.667. The third-order valence-electron chi connectivity index (χ3n) is 0. The smallest absolute Gasteiger partial charge is 0.759 e. The quantitative estimate of drug-likeness (QED) is 0.319. The molecule has 0 spiro atoms. The molecule has 1 radical (unpaired) electrons. The maximum absolute atomic E-state index is 8.52. The van der Waals surface area contributed by atoms with Crippen LogP contribution in [-0.2, 0) is 10.4 Å². The second-order valence-electron chi connectivity index (χ2n) is 0.408. The average molecular weight is 308 g/mol. The van der Waals surface area contributed by atoms with Crippen LogP contribution >= 0.6 is 0 Å². The minimum absolute atomic E-state index is 0. The Morgan fingerprint density at radius 2 is 0.800 bits per heavy atom. The van der Waals surface area contributed by atoms with Crippen molar-refractivity contribution in [3.8, 4) is 0 Å². The minimum atomic E-state index is -5.17. The number of hydrogen-bond acceptors (Lipinski definition) is 4. The zero-order valence-corrected chi connectivity index (χ0v) is 8.50. The van der Waals surface area contributed by atoms with Crippen molar-refractivity contribution in [3.05, 3.63) is 0 Å². The molecular formula is H8CeO8S+. The summed E-state index contributed by atoms with van der Waals surface area (Å²) >= 11 is 0. The summed E-state index contributed by atoms with van der Waals surface area (Å²) in [6.07, 6.45) is 0. The second-order valence-corrected chi connectivity index (χ2v) is 1.22. The summed E-state index contributed by atoms with van der Waals surface area (Å²) in [6, 6.07) is 0. The predicted molar refractivity (Wildman–Crippen MR) is 24.9 cm³/mol. The topological polar surface area (TPSA) is 206 Å². The molecule has 0 saturated heterocycles. The van der Waals surface area contributed by atoms with Crippen molar-refractivity contribution in [1.82, 2.24) is 0 Å². The van der Waals surface area contributed by atoms with E-state index >= 15 is 0 Å². The summed E-state index contributed by atoms with van der Waals surface area (Å²) in [6.45, 7) is 0. The average Bonchev–Trinajstić information content (AvgIpc) is 0.722. The van der Waals surface area contributed by atoms with Crippen LogP contribution in [0, 0.1) is 41.7 Å². The zero-order valence-electron chi connectivity index (χ0n) is 4.54. The van der Waals surface area contributed by atoms with E-state index in [1.54, 1.807) is 0 Å². The first kappa shape index (κ1) is 43.6. The summed E-state index contributed by atoms with van der Waals surface area (Å²) < 4.78 is 34.1. The molecule has 0 saturated carbocycles. The van der Waals surface area contributed by atoms with Crippen LogP contribution in [0.5, 0.6) is 0 Å². The SMILES string of the molecule is O.O.O.O.O=S(=O)([O-])[O-].[Ce+3]. The predicted octanol–water partition coefficient (Wildman–Crippen LogP) is -4.64. The van der Waals surface area contributed by atoms with Crippen LogP contribution in [0.4, 0.5) is 0 Å². The van der Waals surface area contributed by atoms with Crippen LogP contribution in [0.3, 0.4) is 0 Å². The Morgan fingerprint density at radius 3 is 0.800 bits per heavy atom. The van der Waals surface area contributed by atoms with Gasteiger partial charge in [-0.3, -0.25) is 8.42 Å². The Balaban J connectivity index is -0.00000000800. The molecule has 0 atom stereocenters. The van der Waals surface area contributed by atoms with Crippen molar-refractivity contribution in [3.63, 3.8) is 0 Å². The van der Waals surface area contributed by atoms with Crippen molar-refractivity contribution in [2.24, 2.45) is 0 Å². The molecule has 8 nitrogen and oxygen atoms in total. The van der Waals surface area contributed by atoms with Gasteiger partial charge in [0.1, 0.15) is 0 Å². The first-order chi connectivity index (χ1) is 2.00. The number of rotatable bonds is 0. The summed E-state index contributed by atoms with van der Waals surface area (Å²) in [5.74, 6) is 0. The van der Waals surface area contributed by atoms with E-state index in [1.165, 1.54) is 0 Å². The van der Waals surface area contributed by atoms with Crippen LogP contribution in [0.2, 0.25) is 0 Å². The van der Waals surface area contributed by atoms with E-state index in [0.717, 1.165) is 0 Å². The van der Waals surface area contributed by atoms with E-state index in [-0.39, 0.29) is 63.7 Å². The van der Waals surface area contributed by atoms with E-state index in [0.29, 0.717) is 0 Å². The summed E-state index contributed by atoms with van der Waals surface area (Å²) in [5, 5.41) is 0. The molecule has 8 N–H and O–H groups in total. The molecule has 0 fully saturated rings. The molecule has 0 aromatic heterocycles. The third kappa shape index (κ3) is 503. The van der Waals surface area contributed by atoms with Crippen LogP contribution in [-0.4, -0.2) is 39.4 Å². The van der Waals surface area contributed by atoms with Gasteiger partial charge in [-0.25, -0.2) is 0 Å². The van der Waals surface area contributed by atoms with E-state index < -0.39 is 10.4 Å². The van der Waals surface area contributed by atoms with Gasteiger partial charge in [0.15, 0.2) is 0 Å². The fourth-order valence-electron chi connectivity index (χ4n) is 0. The molecule has 0 heterocycles. The molecule has 0 aromatic carbocycles. The molecular weight excluding hydrogens is 300 g/mol. The van der Waals surface area contributed by atoms with Crippen LogP contribution < -0.4 is 0 Å². The van der Waals surface area contributed by atoms with Gasteiger partial charge in [0.05, 0.1) is 0 Å². The largest absolute Gasteiger partial charge is 3.00 e. The monoisotopic (exact) mass is 308 g/mol. The van der Waals surface area contributed by atoms with Crippen molar-refractivity contribution in [2.75, 3.05) is 0 Å². The normalized spacial score (nSPS) is 5.80. The molecule has 0 amide bonds. The maximum Gasteiger partial charge on any atom is 3.00 e. The van der Waals surface area contributed by atoms with Crippen molar-refractivity contribution in [1.29, 1.82) is 0 Å². The van der Waals surface area contributed by atoms with E-state index in [4.69, 9.17) is 17.5 Å². The standard InChI is InChI=1S/Ce.H2O4S.4H2O/c;1-5(2,3)4;;;;/h;(H2,1,2,3,4);4*1H2/q+3;;;;;/p-2. The third-order valence-corrected chi connectivity index (χ3v) is 0. The summed E-state index contributed by atoms with van der Waals surface area (Å²) in [7, 11) is -5.17. The fourth-order valence-corrected chi connectivity index (χ4v) is 0. The molecule has 0 aliphatic heterocycles. The number of hydrogen-bond donors (Lipinski definition) is 0. The van der Waals surface area contributed by atoms with Crippen molar-refractivity contribution >= 4 is 10.4 Å².